The van der Waals surface area contributed by atoms with E-state index in [9.17, 15) is 9.59 Å². The smallest absolute Gasteiger partial charge is 0.384 e. The van der Waals surface area contributed by atoms with E-state index in [1.165, 1.54) is 32.4 Å². The van der Waals surface area contributed by atoms with Gasteiger partial charge in [0, 0.05) is 5.92 Å². The zero-order valence-corrected chi connectivity index (χ0v) is 9.31. The van der Waals surface area contributed by atoms with E-state index in [4.69, 9.17) is 9.84 Å². The molecule has 1 N–H and O–H groups in total. The monoisotopic (exact) mass is 234 g/mol. The minimum absolute atomic E-state index is 0.0694. The third kappa shape index (κ3) is 3.24. The lowest BCUT2D eigenvalue weighted by atomic mass is 10.1. The van der Waals surface area contributed by atoms with Crippen LogP contribution in [0.3, 0.4) is 0 Å². The molecule has 0 radical (unpaired) electrons. The first-order chi connectivity index (χ1) is 8.08. The second kappa shape index (κ2) is 5.56. The van der Waals surface area contributed by atoms with Gasteiger partial charge in [-0.3, -0.25) is 0 Å². The van der Waals surface area contributed by atoms with Crippen molar-refractivity contribution in [2.75, 3.05) is 14.2 Å². The van der Waals surface area contributed by atoms with Crippen LogP contribution in [0.4, 0.5) is 0 Å². The fourth-order valence-corrected chi connectivity index (χ4v) is 1.11. The van der Waals surface area contributed by atoms with Crippen molar-refractivity contribution in [2.24, 2.45) is 0 Å². The van der Waals surface area contributed by atoms with Crippen molar-refractivity contribution < 1.29 is 24.2 Å². The summed E-state index contributed by atoms with van der Waals surface area (Å²) >= 11 is 0. The van der Waals surface area contributed by atoms with Gasteiger partial charge in [0.25, 0.3) is 0 Å². The lowest BCUT2D eigenvalue weighted by Crippen LogP contribution is -1.99. The summed E-state index contributed by atoms with van der Waals surface area (Å²) in [5.41, 5.74) is 0.387. The summed E-state index contributed by atoms with van der Waals surface area (Å²) in [6, 6.07) is 4.20. The maximum Gasteiger partial charge on any atom is 0.384 e. The third-order valence-electron chi connectivity index (χ3n) is 1.93. The van der Waals surface area contributed by atoms with Gasteiger partial charge in [0.15, 0.2) is 0 Å². The number of rotatable bonds is 2. The minimum Gasteiger partial charge on any atom is -0.495 e. The van der Waals surface area contributed by atoms with Gasteiger partial charge in [-0.1, -0.05) is 5.92 Å². The molecule has 17 heavy (non-hydrogen) atoms. The van der Waals surface area contributed by atoms with Gasteiger partial charge in [-0.2, -0.15) is 0 Å². The van der Waals surface area contributed by atoms with E-state index in [-0.39, 0.29) is 5.56 Å². The number of hydrogen-bond donors (Lipinski definition) is 1. The molecule has 0 aromatic heterocycles. The molecule has 0 aliphatic rings. The molecule has 1 aromatic rings. The first-order valence-corrected chi connectivity index (χ1v) is 4.59. The SMILES string of the molecule is COC(=O)C#Cc1cc(C(=O)O)ccc1OC. The first kappa shape index (κ1) is 12.6. The molecule has 0 bridgehead atoms. The maximum absolute atomic E-state index is 10.9. The molecule has 1 aromatic carbocycles. The van der Waals surface area contributed by atoms with Crippen LogP contribution in [0.5, 0.6) is 5.75 Å². The molecule has 0 heterocycles. The van der Waals surface area contributed by atoms with E-state index in [1.54, 1.807) is 0 Å². The highest BCUT2D eigenvalue weighted by molar-refractivity contribution is 5.90. The van der Waals surface area contributed by atoms with Crippen LogP contribution in [0.2, 0.25) is 0 Å². The van der Waals surface area contributed by atoms with Crippen molar-refractivity contribution in [1.29, 1.82) is 0 Å². The van der Waals surface area contributed by atoms with Crippen LogP contribution >= 0.6 is 0 Å². The number of carbonyl (C=O) groups is 2. The van der Waals surface area contributed by atoms with Crippen molar-refractivity contribution in [3.63, 3.8) is 0 Å². The molecule has 0 amide bonds. The Morgan fingerprint density at radius 3 is 2.53 bits per heavy atom. The average molecular weight is 234 g/mol. The van der Waals surface area contributed by atoms with Gasteiger partial charge >= 0.3 is 11.9 Å². The van der Waals surface area contributed by atoms with E-state index in [0.29, 0.717) is 11.3 Å². The first-order valence-electron chi connectivity index (χ1n) is 4.59. The highest BCUT2D eigenvalue weighted by Crippen LogP contribution is 2.18. The summed E-state index contributed by atoms with van der Waals surface area (Å²) in [6.07, 6.45) is 0. The Kier molecular flexibility index (Phi) is 4.12. The molecule has 0 saturated heterocycles. The molecular formula is C12H10O5. The lowest BCUT2D eigenvalue weighted by molar-refractivity contribution is -0.133. The zero-order valence-electron chi connectivity index (χ0n) is 9.31. The quantitative estimate of drug-likeness (QED) is 0.608. The van der Waals surface area contributed by atoms with Crippen molar-refractivity contribution in [1.82, 2.24) is 0 Å². The van der Waals surface area contributed by atoms with E-state index in [0.717, 1.165) is 0 Å². The largest absolute Gasteiger partial charge is 0.495 e. The van der Waals surface area contributed by atoms with E-state index >= 15 is 0 Å². The predicted octanol–water partition coefficient (Wildman–Crippen LogP) is 0.918. The second-order valence-corrected chi connectivity index (χ2v) is 2.96. The number of carboxylic acids is 1. The summed E-state index contributed by atoms with van der Waals surface area (Å²) in [5.74, 6) is 3.32. The van der Waals surface area contributed by atoms with Gasteiger partial charge < -0.3 is 14.6 Å². The van der Waals surface area contributed by atoms with Crippen LogP contribution in [0, 0.1) is 11.8 Å². The van der Waals surface area contributed by atoms with Crippen molar-refractivity contribution in [3.8, 4) is 17.6 Å². The number of methoxy groups -OCH3 is 2. The van der Waals surface area contributed by atoms with Crippen molar-refractivity contribution >= 4 is 11.9 Å². The van der Waals surface area contributed by atoms with Gasteiger partial charge in [0.1, 0.15) is 5.75 Å². The highest BCUT2D eigenvalue weighted by atomic mass is 16.5. The Balaban J connectivity index is 3.17. The van der Waals surface area contributed by atoms with Gasteiger partial charge in [0.05, 0.1) is 25.3 Å². The molecule has 0 spiro atoms. The predicted molar refractivity (Wildman–Crippen MR) is 58.8 cm³/mol. The summed E-state index contributed by atoms with van der Waals surface area (Å²) in [6.45, 7) is 0. The molecule has 88 valence electrons. The highest BCUT2D eigenvalue weighted by Gasteiger charge is 2.07. The molecule has 0 fully saturated rings. The Labute approximate surface area is 98.0 Å². The molecular weight excluding hydrogens is 224 g/mol. The van der Waals surface area contributed by atoms with Gasteiger partial charge in [-0.05, 0) is 18.2 Å². The van der Waals surface area contributed by atoms with Crippen LogP contribution in [-0.2, 0) is 9.53 Å². The standard InChI is InChI=1S/C12H10O5/c1-16-10-5-3-9(12(14)15)7-8(10)4-6-11(13)17-2/h3,5,7H,1-2H3,(H,14,15). The topological polar surface area (TPSA) is 72.8 Å². The van der Waals surface area contributed by atoms with Crippen LogP contribution < -0.4 is 4.74 Å². The summed E-state index contributed by atoms with van der Waals surface area (Å²) < 4.78 is 9.35. The fraction of sp³-hybridized carbons (Fsp3) is 0.167. The van der Waals surface area contributed by atoms with E-state index in [2.05, 4.69) is 16.6 Å². The molecule has 5 nitrogen and oxygen atoms in total. The molecule has 0 unspecified atom stereocenters. The number of carboxylic acid groups (broad SMARTS) is 1. The minimum atomic E-state index is -1.08. The van der Waals surface area contributed by atoms with Crippen LogP contribution in [0.15, 0.2) is 18.2 Å². The van der Waals surface area contributed by atoms with E-state index in [1.807, 2.05) is 0 Å². The normalized spacial score (nSPS) is 8.82. The number of esters is 1. The Bertz CT molecular complexity index is 507. The molecule has 0 atom stereocenters. The third-order valence-corrected chi connectivity index (χ3v) is 1.93. The van der Waals surface area contributed by atoms with Crippen LogP contribution in [-0.4, -0.2) is 31.3 Å². The summed E-state index contributed by atoms with van der Waals surface area (Å²) in [4.78, 5) is 21.6. The zero-order chi connectivity index (χ0) is 12.8. The van der Waals surface area contributed by atoms with Gasteiger partial charge in [-0.25, -0.2) is 9.59 Å². The number of carbonyl (C=O) groups excluding carboxylic acids is 1. The number of ether oxygens (including phenoxy) is 2. The summed E-state index contributed by atoms with van der Waals surface area (Å²) in [7, 11) is 2.64. The Hall–Kier alpha value is -2.48. The van der Waals surface area contributed by atoms with Crippen molar-refractivity contribution in [3.05, 3.63) is 29.3 Å². The van der Waals surface area contributed by atoms with Gasteiger partial charge in [-0.15, -0.1) is 0 Å². The number of benzene rings is 1. The average Bonchev–Trinajstić information content (AvgIpc) is 2.35. The molecule has 0 saturated carbocycles. The maximum atomic E-state index is 10.9. The molecule has 1 rings (SSSR count). The van der Waals surface area contributed by atoms with Crippen LogP contribution in [0.25, 0.3) is 0 Å². The summed E-state index contributed by atoms with van der Waals surface area (Å²) in [5, 5.41) is 8.82. The Morgan fingerprint density at radius 1 is 1.29 bits per heavy atom. The molecule has 5 heteroatoms. The molecule has 0 aliphatic carbocycles. The molecule has 0 aliphatic heterocycles. The fourth-order valence-electron chi connectivity index (χ4n) is 1.11. The van der Waals surface area contributed by atoms with Crippen LogP contribution in [0.1, 0.15) is 15.9 Å². The second-order valence-electron chi connectivity index (χ2n) is 2.96. The van der Waals surface area contributed by atoms with Gasteiger partial charge in [0.2, 0.25) is 0 Å². The number of aromatic carboxylic acids is 1. The number of hydrogen-bond acceptors (Lipinski definition) is 4. The lowest BCUT2D eigenvalue weighted by Gasteiger charge is -2.03. The van der Waals surface area contributed by atoms with E-state index < -0.39 is 11.9 Å². The Morgan fingerprint density at radius 2 is 2.00 bits per heavy atom. The van der Waals surface area contributed by atoms with Crippen molar-refractivity contribution in [2.45, 2.75) is 0 Å².